The van der Waals surface area contributed by atoms with Gasteiger partial charge in [-0.05, 0) is 30.4 Å². The minimum absolute atomic E-state index is 0.667. The number of fused-ring (bicyclic) bond motifs is 4. The van der Waals surface area contributed by atoms with Crippen LogP contribution in [0, 0.1) is 0 Å². The average Bonchev–Trinajstić information content (AvgIpc) is 2.49. The molecule has 2 aliphatic heterocycles. The van der Waals surface area contributed by atoms with Gasteiger partial charge in [-0.2, -0.15) is 0 Å². The molecule has 12 heavy (non-hydrogen) atoms. The van der Waals surface area contributed by atoms with Crippen LogP contribution in [0.25, 0.3) is 0 Å². The molecule has 1 saturated heterocycles. The molecular formula is C11H13N. The van der Waals surface area contributed by atoms with Crippen LogP contribution in [0.5, 0.6) is 0 Å². The van der Waals surface area contributed by atoms with Gasteiger partial charge in [-0.25, -0.2) is 0 Å². The molecule has 1 N–H and O–H groups in total. The van der Waals surface area contributed by atoms with E-state index >= 15 is 0 Å². The molecule has 1 aromatic rings. The lowest BCUT2D eigenvalue weighted by molar-refractivity contribution is 0.515. The van der Waals surface area contributed by atoms with Crippen molar-refractivity contribution in [1.29, 1.82) is 0 Å². The van der Waals surface area contributed by atoms with Crippen LogP contribution in [-0.2, 0) is 6.42 Å². The first-order valence-electron chi connectivity index (χ1n) is 4.77. The van der Waals surface area contributed by atoms with Crippen molar-refractivity contribution in [2.24, 2.45) is 0 Å². The van der Waals surface area contributed by atoms with Gasteiger partial charge in [0.05, 0.1) is 0 Å². The quantitative estimate of drug-likeness (QED) is 0.610. The zero-order valence-corrected chi connectivity index (χ0v) is 7.09. The van der Waals surface area contributed by atoms with E-state index in [-0.39, 0.29) is 0 Å². The van der Waals surface area contributed by atoms with Crippen LogP contribution < -0.4 is 5.32 Å². The topological polar surface area (TPSA) is 12.0 Å². The second kappa shape index (κ2) is 2.33. The first-order valence-corrected chi connectivity index (χ1v) is 4.77. The van der Waals surface area contributed by atoms with Crippen LogP contribution in [0.1, 0.15) is 30.0 Å². The van der Waals surface area contributed by atoms with Gasteiger partial charge in [0, 0.05) is 12.1 Å². The van der Waals surface area contributed by atoms with E-state index in [1.807, 2.05) is 0 Å². The van der Waals surface area contributed by atoms with E-state index < -0.39 is 0 Å². The third-order valence-electron chi connectivity index (χ3n) is 3.14. The minimum atomic E-state index is 0.667. The van der Waals surface area contributed by atoms with Gasteiger partial charge in [-0.15, -0.1) is 0 Å². The third kappa shape index (κ3) is 0.831. The molecule has 2 atom stereocenters. The van der Waals surface area contributed by atoms with Crippen molar-refractivity contribution in [3.05, 3.63) is 35.4 Å². The largest absolute Gasteiger partial charge is 0.307 e. The summed E-state index contributed by atoms with van der Waals surface area (Å²) < 4.78 is 0. The maximum atomic E-state index is 3.65. The molecule has 2 aliphatic rings. The summed E-state index contributed by atoms with van der Waals surface area (Å²) in [7, 11) is 0. The van der Waals surface area contributed by atoms with Gasteiger partial charge in [-0.3, -0.25) is 0 Å². The Kier molecular flexibility index (Phi) is 1.30. The molecule has 2 bridgehead atoms. The molecule has 0 amide bonds. The van der Waals surface area contributed by atoms with Crippen molar-refractivity contribution >= 4 is 0 Å². The Hall–Kier alpha value is -0.820. The second-order valence-corrected chi connectivity index (χ2v) is 3.90. The molecule has 1 nitrogen and oxygen atoms in total. The molecule has 62 valence electrons. The standard InChI is InChI=1S/C11H13N/c1-2-4-10-8(3-1)7-9-5-6-11(10)12-9/h1-4,9,11-12H,5-7H2/t9?,11-/m1/s1. The summed E-state index contributed by atoms with van der Waals surface area (Å²) in [5.41, 5.74) is 3.12. The van der Waals surface area contributed by atoms with Crippen molar-refractivity contribution in [1.82, 2.24) is 5.32 Å². The van der Waals surface area contributed by atoms with E-state index in [4.69, 9.17) is 0 Å². The van der Waals surface area contributed by atoms with Crippen LogP contribution in [-0.4, -0.2) is 6.04 Å². The fraction of sp³-hybridized carbons (Fsp3) is 0.455. The highest BCUT2D eigenvalue weighted by atomic mass is 15.0. The molecule has 1 unspecified atom stereocenters. The summed E-state index contributed by atoms with van der Waals surface area (Å²) in [5, 5.41) is 3.65. The SMILES string of the molecule is c1ccc2c(c1)CC1CC[C@H]2N1. The van der Waals surface area contributed by atoms with Crippen molar-refractivity contribution < 1.29 is 0 Å². The van der Waals surface area contributed by atoms with Gasteiger partial charge in [0.15, 0.2) is 0 Å². The fourth-order valence-corrected chi connectivity index (χ4v) is 2.55. The van der Waals surface area contributed by atoms with Crippen molar-refractivity contribution in [3.63, 3.8) is 0 Å². The predicted molar refractivity (Wildman–Crippen MR) is 49.0 cm³/mol. The highest BCUT2D eigenvalue weighted by molar-refractivity contribution is 5.34. The zero-order valence-electron chi connectivity index (χ0n) is 7.09. The van der Waals surface area contributed by atoms with E-state index in [9.17, 15) is 0 Å². The van der Waals surface area contributed by atoms with E-state index in [0.717, 1.165) is 6.04 Å². The Morgan fingerprint density at radius 1 is 1.17 bits per heavy atom. The summed E-state index contributed by atoms with van der Waals surface area (Å²) in [6, 6.07) is 10.3. The average molecular weight is 159 g/mol. The van der Waals surface area contributed by atoms with Crippen LogP contribution in [0.15, 0.2) is 24.3 Å². The fourth-order valence-electron chi connectivity index (χ4n) is 2.55. The van der Waals surface area contributed by atoms with Crippen molar-refractivity contribution in [3.8, 4) is 0 Å². The molecule has 1 heteroatoms. The number of hydrogen-bond acceptors (Lipinski definition) is 1. The first-order chi connectivity index (χ1) is 5.93. The van der Waals surface area contributed by atoms with Crippen molar-refractivity contribution in [2.75, 3.05) is 0 Å². The van der Waals surface area contributed by atoms with E-state index in [0.29, 0.717) is 6.04 Å². The van der Waals surface area contributed by atoms with Gasteiger partial charge in [0.2, 0.25) is 0 Å². The van der Waals surface area contributed by atoms with E-state index in [2.05, 4.69) is 29.6 Å². The minimum Gasteiger partial charge on any atom is -0.307 e. The maximum Gasteiger partial charge on any atom is 0.0326 e. The lowest BCUT2D eigenvalue weighted by atomic mass is 9.95. The summed E-state index contributed by atoms with van der Waals surface area (Å²) in [6.07, 6.45) is 3.94. The molecule has 0 saturated carbocycles. The molecule has 0 aromatic heterocycles. The van der Waals surface area contributed by atoms with Gasteiger partial charge in [-0.1, -0.05) is 24.3 Å². The monoisotopic (exact) mass is 159 g/mol. The summed E-state index contributed by atoms with van der Waals surface area (Å²) in [4.78, 5) is 0. The summed E-state index contributed by atoms with van der Waals surface area (Å²) in [6.45, 7) is 0. The molecule has 0 spiro atoms. The van der Waals surface area contributed by atoms with Gasteiger partial charge < -0.3 is 5.32 Å². The van der Waals surface area contributed by atoms with Gasteiger partial charge >= 0.3 is 0 Å². The Labute approximate surface area is 72.8 Å². The van der Waals surface area contributed by atoms with Gasteiger partial charge in [0.1, 0.15) is 0 Å². The molecule has 2 heterocycles. The highest BCUT2D eigenvalue weighted by Crippen LogP contribution is 2.35. The normalized spacial score (nSPS) is 31.7. The molecule has 3 rings (SSSR count). The third-order valence-corrected chi connectivity index (χ3v) is 3.14. The Morgan fingerprint density at radius 3 is 3.08 bits per heavy atom. The van der Waals surface area contributed by atoms with E-state index in [1.54, 1.807) is 11.1 Å². The molecular weight excluding hydrogens is 146 g/mol. The number of rotatable bonds is 0. The van der Waals surface area contributed by atoms with Gasteiger partial charge in [0.25, 0.3) is 0 Å². The molecule has 1 aromatic carbocycles. The maximum absolute atomic E-state index is 3.65. The molecule has 0 aliphatic carbocycles. The predicted octanol–water partition coefficient (Wildman–Crippen LogP) is 2.04. The lowest BCUT2D eigenvalue weighted by Crippen LogP contribution is -2.31. The summed E-state index contributed by atoms with van der Waals surface area (Å²) >= 11 is 0. The number of hydrogen-bond donors (Lipinski definition) is 1. The Bertz CT molecular complexity index is 306. The number of benzene rings is 1. The molecule has 1 fully saturated rings. The zero-order chi connectivity index (χ0) is 7.97. The second-order valence-electron chi connectivity index (χ2n) is 3.90. The smallest absolute Gasteiger partial charge is 0.0326 e. The van der Waals surface area contributed by atoms with Crippen LogP contribution in [0.3, 0.4) is 0 Å². The van der Waals surface area contributed by atoms with Crippen molar-refractivity contribution in [2.45, 2.75) is 31.3 Å². The molecule has 0 radical (unpaired) electrons. The van der Waals surface area contributed by atoms with Crippen LogP contribution >= 0.6 is 0 Å². The first kappa shape index (κ1) is 6.67. The highest BCUT2D eigenvalue weighted by Gasteiger charge is 2.31. The van der Waals surface area contributed by atoms with Crippen LogP contribution in [0.2, 0.25) is 0 Å². The summed E-state index contributed by atoms with van der Waals surface area (Å²) in [5.74, 6) is 0. The number of nitrogens with one attached hydrogen (secondary N) is 1. The van der Waals surface area contributed by atoms with Crippen LogP contribution in [0.4, 0.5) is 0 Å². The van der Waals surface area contributed by atoms with E-state index in [1.165, 1.54) is 19.3 Å². The lowest BCUT2D eigenvalue weighted by Gasteiger charge is -2.24. The Morgan fingerprint density at radius 2 is 2.08 bits per heavy atom. The Balaban J connectivity index is 2.13.